The maximum atomic E-state index is 14.2. The molecule has 2 heterocycles. The minimum Gasteiger partial charge on any atom is -0.481 e. The molecule has 0 bridgehead atoms. The van der Waals surface area contributed by atoms with Crippen molar-refractivity contribution in [3.8, 4) is 5.75 Å². The molecule has 0 radical (unpaired) electrons. The SMILES string of the molecule is CC(C)(C)OC(=O)CN1CCC(c2ccc(OC3CCC(=O)NC3=O)cc2S(=O)(=O)F)CC1. The minimum absolute atomic E-state index is 0.0341. The van der Waals surface area contributed by atoms with Gasteiger partial charge in [-0.3, -0.25) is 24.6 Å². The Morgan fingerprint density at radius 3 is 2.42 bits per heavy atom. The molecule has 1 aromatic carbocycles. The van der Waals surface area contributed by atoms with E-state index >= 15 is 0 Å². The first-order valence-corrected chi connectivity index (χ1v) is 12.2. The summed E-state index contributed by atoms with van der Waals surface area (Å²) in [5.41, 5.74) is -0.234. The van der Waals surface area contributed by atoms with E-state index in [1.165, 1.54) is 12.1 Å². The van der Waals surface area contributed by atoms with Crippen LogP contribution < -0.4 is 10.1 Å². The molecule has 0 aliphatic carbocycles. The highest BCUT2D eigenvalue weighted by atomic mass is 32.3. The number of carbonyl (C=O) groups is 3. The van der Waals surface area contributed by atoms with Crippen LogP contribution in [0, 0.1) is 0 Å². The molecule has 0 spiro atoms. The van der Waals surface area contributed by atoms with Gasteiger partial charge in [-0.2, -0.15) is 8.42 Å². The van der Waals surface area contributed by atoms with Crippen LogP contribution in [0.25, 0.3) is 0 Å². The van der Waals surface area contributed by atoms with Crippen molar-refractivity contribution in [2.45, 2.75) is 69.0 Å². The van der Waals surface area contributed by atoms with Crippen LogP contribution in [0.4, 0.5) is 3.89 Å². The van der Waals surface area contributed by atoms with Gasteiger partial charge in [0.05, 0.1) is 6.54 Å². The average Bonchev–Trinajstić information content (AvgIpc) is 2.68. The molecule has 0 saturated carbocycles. The summed E-state index contributed by atoms with van der Waals surface area (Å²) in [4.78, 5) is 36.7. The molecular weight excluding hydrogens is 455 g/mol. The third kappa shape index (κ3) is 6.97. The van der Waals surface area contributed by atoms with E-state index < -0.39 is 38.6 Å². The third-order valence-electron chi connectivity index (χ3n) is 5.51. The number of amides is 2. The van der Waals surface area contributed by atoms with Gasteiger partial charge in [-0.25, -0.2) is 0 Å². The van der Waals surface area contributed by atoms with Crippen LogP contribution in [0.1, 0.15) is 57.9 Å². The van der Waals surface area contributed by atoms with Gasteiger partial charge < -0.3 is 9.47 Å². The number of halogens is 1. The predicted molar refractivity (Wildman–Crippen MR) is 116 cm³/mol. The molecule has 2 aliphatic heterocycles. The number of benzene rings is 1. The van der Waals surface area contributed by atoms with Crippen LogP contribution in [0.15, 0.2) is 23.1 Å². The summed E-state index contributed by atoms with van der Waals surface area (Å²) in [6, 6.07) is 4.09. The number of likely N-dealkylation sites (tertiary alicyclic amines) is 1. The van der Waals surface area contributed by atoms with E-state index in [9.17, 15) is 26.7 Å². The van der Waals surface area contributed by atoms with Gasteiger partial charge in [-0.05, 0) is 64.3 Å². The summed E-state index contributed by atoms with van der Waals surface area (Å²) < 4.78 is 48.8. The van der Waals surface area contributed by atoms with E-state index in [0.29, 0.717) is 31.5 Å². The second-order valence-electron chi connectivity index (χ2n) is 9.33. The van der Waals surface area contributed by atoms with Gasteiger partial charge in [0.25, 0.3) is 5.91 Å². The number of imide groups is 1. The number of hydrogen-bond donors (Lipinski definition) is 1. The smallest absolute Gasteiger partial charge is 0.332 e. The zero-order valence-corrected chi connectivity index (χ0v) is 19.7. The minimum atomic E-state index is -5.04. The van der Waals surface area contributed by atoms with Gasteiger partial charge in [0, 0.05) is 18.9 Å². The van der Waals surface area contributed by atoms with Crippen molar-refractivity contribution in [3.05, 3.63) is 23.8 Å². The Morgan fingerprint density at radius 2 is 1.85 bits per heavy atom. The van der Waals surface area contributed by atoms with Gasteiger partial charge in [0.1, 0.15) is 16.2 Å². The molecule has 1 atom stereocenters. The molecule has 182 valence electrons. The molecular formula is C22H29FN2O7S. The third-order valence-corrected chi connectivity index (χ3v) is 6.39. The van der Waals surface area contributed by atoms with Crippen LogP contribution in [-0.2, 0) is 29.3 Å². The largest absolute Gasteiger partial charge is 0.481 e. The first kappa shape index (κ1) is 25.1. The molecule has 9 nitrogen and oxygen atoms in total. The number of nitrogens with zero attached hydrogens (tertiary/aromatic N) is 1. The molecule has 2 saturated heterocycles. The van der Waals surface area contributed by atoms with Crippen LogP contribution in [0.3, 0.4) is 0 Å². The molecule has 0 aromatic heterocycles. The van der Waals surface area contributed by atoms with E-state index in [1.54, 1.807) is 20.8 Å². The normalized spacial score (nSPS) is 20.9. The highest BCUT2D eigenvalue weighted by Crippen LogP contribution is 2.35. The Balaban J connectivity index is 1.69. The van der Waals surface area contributed by atoms with Crippen molar-refractivity contribution in [2.75, 3.05) is 19.6 Å². The Hall–Kier alpha value is -2.53. The standard InChI is InChI=1S/C22H29FN2O7S/c1-22(2,3)32-20(27)13-25-10-8-14(9-11-25)16-5-4-15(12-18(16)33(23,29)30)31-17-6-7-19(26)24-21(17)28/h4-5,12,14,17H,6-11,13H2,1-3H3,(H,24,26,28). The van der Waals surface area contributed by atoms with E-state index in [0.717, 1.165) is 6.07 Å². The maximum absolute atomic E-state index is 14.2. The van der Waals surface area contributed by atoms with Gasteiger partial charge >= 0.3 is 16.2 Å². The predicted octanol–water partition coefficient (Wildman–Crippen LogP) is 2.05. The molecule has 2 aliphatic rings. The van der Waals surface area contributed by atoms with Crippen molar-refractivity contribution >= 4 is 28.0 Å². The van der Waals surface area contributed by atoms with Gasteiger partial charge in [-0.15, -0.1) is 3.89 Å². The Kier molecular flexibility index (Phi) is 7.42. The average molecular weight is 485 g/mol. The Morgan fingerprint density at radius 1 is 1.18 bits per heavy atom. The van der Waals surface area contributed by atoms with Crippen molar-refractivity contribution < 1.29 is 36.2 Å². The first-order chi connectivity index (χ1) is 15.3. The topological polar surface area (TPSA) is 119 Å². The summed E-state index contributed by atoms with van der Waals surface area (Å²) in [6.07, 6.45) is 0.377. The lowest BCUT2D eigenvalue weighted by atomic mass is 9.89. The number of ether oxygens (including phenoxy) is 2. The van der Waals surface area contributed by atoms with E-state index in [4.69, 9.17) is 9.47 Å². The van der Waals surface area contributed by atoms with Crippen LogP contribution in [0.5, 0.6) is 5.75 Å². The lowest BCUT2D eigenvalue weighted by Gasteiger charge is -2.32. The number of esters is 1. The monoisotopic (exact) mass is 484 g/mol. The molecule has 33 heavy (non-hydrogen) atoms. The van der Waals surface area contributed by atoms with Crippen LogP contribution >= 0.6 is 0 Å². The Bertz CT molecular complexity index is 1030. The van der Waals surface area contributed by atoms with Crippen LogP contribution in [0.2, 0.25) is 0 Å². The molecule has 3 rings (SSSR count). The van der Waals surface area contributed by atoms with Crippen molar-refractivity contribution in [2.24, 2.45) is 0 Å². The van der Waals surface area contributed by atoms with E-state index in [-0.39, 0.29) is 37.0 Å². The fourth-order valence-electron chi connectivity index (χ4n) is 4.05. The summed E-state index contributed by atoms with van der Waals surface area (Å²) in [7, 11) is -5.04. The number of rotatable bonds is 6. The second-order valence-corrected chi connectivity index (χ2v) is 10.6. The number of piperidine rings is 2. The zero-order valence-electron chi connectivity index (χ0n) is 18.9. The molecule has 2 fully saturated rings. The molecule has 1 N–H and O–H groups in total. The van der Waals surface area contributed by atoms with Crippen molar-refractivity contribution in [3.63, 3.8) is 0 Å². The van der Waals surface area contributed by atoms with E-state index in [1.807, 2.05) is 4.90 Å². The number of carbonyl (C=O) groups excluding carboxylic acids is 3. The fourth-order valence-corrected chi connectivity index (χ4v) is 4.82. The van der Waals surface area contributed by atoms with Gasteiger partial charge in [-0.1, -0.05) is 6.07 Å². The van der Waals surface area contributed by atoms with E-state index in [2.05, 4.69) is 5.32 Å². The maximum Gasteiger partial charge on any atom is 0.332 e. The molecule has 1 aromatic rings. The fraction of sp³-hybridized carbons (Fsp3) is 0.591. The summed E-state index contributed by atoms with van der Waals surface area (Å²) >= 11 is 0. The van der Waals surface area contributed by atoms with Gasteiger partial charge in [0.15, 0.2) is 6.10 Å². The molecule has 11 heteroatoms. The molecule has 1 unspecified atom stereocenters. The second kappa shape index (κ2) is 9.76. The van der Waals surface area contributed by atoms with Gasteiger partial charge in [0.2, 0.25) is 5.91 Å². The van der Waals surface area contributed by atoms with Crippen molar-refractivity contribution in [1.82, 2.24) is 10.2 Å². The van der Waals surface area contributed by atoms with Crippen LogP contribution in [-0.4, -0.2) is 62.4 Å². The summed E-state index contributed by atoms with van der Waals surface area (Å²) in [5.74, 6) is -1.53. The Labute approximate surface area is 192 Å². The number of nitrogens with one attached hydrogen (secondary N) is 1. The number of hydrogen-bond acceptors (Lipinski definition) is 8. The highest BCUT2D eigenvalue weighted by Gasteiger charge is 2.31. The first-order valence-electron chi connectivity index (χ1n) is 10.8. The zero-order chi connectivity index (χ0) is 24.4. The quantitative estimate of drug-likeness (QED) is 0.370. The van der Waals surface area contributed by atoms with Crippen molar-refractivity contribution in [1.29, 1.82) is 0 Å². The lowest BCUT2D eigenvalue weighted by molar-refractivity contribution is -0.156. The molecule has 2 amide bonds. The summed E-state index contributed by atoms with van der Waals surface area (Å²) in [6.45, 7) is 6.59. The highest BCUT2D eigenvalue weighted by molar-refractivity contribution is 7.86. The summed E-state index contributed by atoms with van der Waals surface area (Å²) in [5, 5.41) is 2.15. The lowest BCUT2D eigenvalue weighted by Crippen LogP contribution is -2.46.